The van der Waals surface area contributed by atoms with Gasteiger partial charge in [-0.25, -0.2) is 4.98 Å². The fourth-order valence-corrected chi connectivity index (χ4v) is 3.77. The van der Waals surface area contributed by atoms with Gasteiger partial charge in [0.05, 0.1) is 11.9 Å². The van der Waals surface area contributed by atoms with Crippen molar-refractivity contribution in [3.8, 4) is 11.1 Å². The van der Waals surface area contributed by atoms with Gasteiger partial charge in [0.25, 0.3) is 0 Å². The van der Waals surface area contributed by atoms with Crippen molar-refractivity contribution in [2.24, 2.45) is 0 Å². The number of anilines is 1. The summed E-state index contributed by atoms with van der Waals surface area (Å²) in [5, 5.41) is 1.11. The van der Waals surface area contributed by atoms with Crippen molar-refractivity contribution in [3.05, 3.63) is 55.6 Å². The van der Waals surface area contributed by atoms with Crippen molar-refractivity contribution in [1.29, 1.82) is 0 Å². The number of H-pyrrole nitrogens is 1. The number of hydrogen-bond acceptors (Lipinski definition) is 4. The molecule has 0 radical (unpaired) electrons. The molecule has 1 aliphatic heterocycles. The Morgan fingerprint density at radius 3 is 2.78 bits per heavy atom. The van der Waals surface area contributed by atoms with Crippen molar-refractivity contribution < 1.29 is 4.79 Å². The molecule has 0 saturated carbocycles. The molecule has 0 bridgehead atoms. The molecule has 1 aliphatic rings. The van der Waals surface area contributed by atoms with Gasteiger partial charge in [0.15, 0.2) is 0 Å². The second-order valence-electron chi connectivity index (χ2n) is 6.90. The first-order valence-electron chi connectivity index (χ1n) is 9.19. The molecule has 6 nitrogen and oxygen atoms in total. The average Bonchev–Trinajstić information content (AvgIpc) is 3.16. The van der Waals surface area contributed by atoms with Crippen LogP contribution in [0.2, 0.25) is 0 Å². The Hall–Kier alpha value is -3.15. The van der Waals surface area contributed by atoms with E-state index in [-0.39, 0.29) is 11.9 Å². The normalized spacial score (nSPS) is 15.1. The van der Waals surface area contributed by atoms with Crippen LogP contribution in [0.3, 0.4) is 0 Å². The number of pyridine rings is 2. The largest absolute Gasteiger partial charge is 0.370 e. The van der Waals surface area contributed by atoms with Gasteiger partial charge in [-0.15, -0.1) is 0 Å². The number of amides is 1. The van der Waals surface area contributed by atoms with Gasteiger partial charge in [-0.05, 0) is 42.7 Å². The van der Waals surface area contributed by atoms with Crippen LogP contribution in [0.1, 0.15) is 12.8 Å². The number of likely N-dealkylation sites (N-methyl/N-ethyl adjacent to an activating group) is 1. The monoisotopic (exact) mass is 361 g/mol. The number of hydrogen-bond donors (Lipinski definition) is 1. The molecule has 27 heavy (non-hydrogen) atoms. The van der Waals surface area contributed by atoms with Crippen LogP contribution in [0, 0.1) is 0 Å². The second-order valence-corrected chi connectivity index (χ2v) is 6.90. The molecular formula is C21H23N5O. The highest BCUT2D eigenvalue weighted by molar-refractivity contribution is 5.95. The van der Waals surface area contributed by atoms with Gasteiger partial charge in [-0.3, -0.25) is 9.78 Å². The summed E-state index contributed by atoms with van der Waals surface area (Å²) < 4.78 is 0. The fourth-order valence-electron chi connectivity index (χ4n) is 3.77. The Morgan fingerprint density at radius 2 is 2.07 bits per heavy atom. The van der Waals surface area contributed by atoms with Crippen LogP contribution in [0.15, 0.2) is 55.6 Å². The summed E-state index contributed by atoms with van der Waals surface area (Å²) in [6.07, 6.45) is 10.8. The lowest BCUT2D eigenvalue weighted by atomic mass is 10.0. The Labute approximate surface area is 158 Å². The minimum absolute atomic E-state index is 0.00847. The molecule has 3 aromatic heterocycles. The Morgan fingerprint density at radius 1 is 1.33 bits per heavy atom. The van der Waals surface area contributed by atoms with Crippen LogP contribution >= 0.6 is 0 Å². The number of rotatable bonds is 4. The van der Waals surface area contributed by atoms with E-state index in [9.17, 15) is 4.79 Å². The van der Waals surface area contributed by atoms with Crippen molar-refractivity contribution >= 4 is 22.6 Å². The molecule has 1 fully saturated rings. The van der Waals surface area contributed by atoms with Crippen LogP contribution in [0.25, 0.3) is 22.2 Å². The molecule has 4 heterocycles. The second kappa shape index (κ2) is 7.23. The Kier molecular flexibility index (Phi) is 4.62. The van der Waals surface area contributed by atoms with E-state index < -0.39 is 0 Å². The zero-order valence-electron chi connectivity index (χ0n) is 15.4. The summed E-state index contributed by atoms with van der Waals surface area (Å²) in [7, 11) is 1.86. The smallest absolute Gasteiger partial charge is 0.245 e. The molecule has 1 amide bonds. The molecule has 0 aliphatic carbocycles. The Bertz CT molecular complexity index is 957. The van der Waals surface area contributed by atoms with Crippen molar-refractivity contribution in [2.75, 3.05) is 25.0 Å². The highest BCUT2D eigenvalue weighted by Crippen LogP contribution is 2.31. The van der Waals surface area contributed by atoms with Crippen molar-refractivity contribution in [1.82, 2.24) is 19.9 Å². The third-order valence-corrected chi connectivity index (χ3v) is 5.41. The molecular weight excluding hydrogens is 338 g/mol. The number of carbonyl (C=O) groups excluding carboxylic acids is 1. The Balaban J connectivity index is 1.55. The summed E-state index contributed by atoms with van der Waals surface area (Å²) in [6, 6.07) is 6.48. The average molecular weight is 361 g/mol. The zero-order chi connectivity index (χ0) is 18.8. The summed E-state index contributed by atoms with van der Waals surface area (Å²) in [4.78, 5) is 27.9. The maximum Gasteiger partial charge on any atom is 0.245 e. The topological polar surface area (TPSA) is 65.1 Å². The van der Waals surface area contributed by atoms with Gasteiger partial charge >= 0.3 is 0 Å². The van der Waals surface area contributed by atoms with E-state index in [2.05, 4.69) is 32.5 Å². The number of nitrogens with one attached hydrogen (secondary N) is 1. The van der Waals surface area contributed by atoms with E-state index in [4.69, 9.17) is 0 Å². The number of aromatic nitrogens is 3. The summed E-state index contributed by atoms with van der Waals surface area (Å²) >= 11 is 0. The molecule has 0 atom stereocenters. The molecule has 1 N–H and O–H groups in total. The number of piperidine rings is 1. The van der Waals surface area contributed by atoms with Crippen molar-refractivity contribution in [2.45, 2.75) is 18.9 Å². The lowest BCUT2D eigenvalue weighted by molar-refractivity contribution is -0.127. The van der Waals surface area contributed by atoms with Gasteiger partial charge in [0.2, 0.25) is 5.91 Å². The predicted octanol–water partition coefficient (Wildman–Crippen LogP) is 3.24. The van der Waals surface area contributed by atoms with E-state index in [1.807, 2.05) is 31.6 Å². The fraction of sp³-hybridized carbons (Fsp3) is 0.286. The summed E-state index contributed by atoms with van der Waals surface area (Å²) in [5.74, 6) is -0.00847. The predicted molar refractivity (Wildman–Crippen MR) is 108 cm³/mol. The van der Waals surface area contributed by atoms with Crippen LogP contribution in [-0.2, 0) is 4.79 Å². The highest BCUT2D eigenvalue weighted by atomic mass is 16.2. The molecule has 4 rings (SSSR count). The van der Waals surface area contributed by atoms with Crippen LogP contribution in [0.4, 0.5) is 5.69 Å². The van der Waals surface area contributed by atoms with E-state index in [0.29, 0.717) is 0 Å². The minimum atomic E-state index is -0.00847. The highest BCUT2D eigenvalue weighted by Gasteiger charge is 2.25. The molecule has 138 valence electrons. The molecule has 0 spiro atoms. The van der Waals surface area contributed by atoms with Gasteiger partial charge in [0.1, 0.15) is 5.65 Å². The quantitative estimate of drug-likeness (QED) is 0.725. The maximum atomic E-state index is 11.8. The lowest BCUT2D eigenvalue weighted by Crippen LogP contribution is -2.45. The standard InChI is InChI=1S/C21H23N5O/c1-3-20(27)25(2)16-6-10-26(11-7-16)17-12-18-19(14-24-21(18)23-13-17)15-4-8-22-9-5-15/h3-5,8-9,12-14,16H,1,6-7,10-11H2,2H3,(H,23,24). The van der Waals surface area contributed by atoms with Crippen LogP contribution in [0.5, 0.6) is 0 Å². The SMILES string of the molecule is C=CC(=O)N(C)C1CCN(c2cnc3[nH]cc(-c4ccncc4)c3c2)CC1. The van der Waals surface area contributed by atoms with Crippen LogP contribution < -0.4 is 4.90 Å². The van der Waals surface area contributed by atoms with Gasteiger partial charge in [-0.2, -0.15) is 0 Å². The van der Waals surface area contributed by atoms with E-state index in [1.165, 1.54) is 6.08 Å². The van der Waals surface area contributed by atoms with Crippen molar-refractivity contribution in [3.63, 3.8) is 0 Å². The molecule has 0 aromatic carbocycles. The number of carbonyl (C=O) groups is 1. The first-order chi connectivity index (χ1) is 13.2. The molecule has 6 heteroatoms. The third kappa shape index (κ3) is 3.30. The summed E-state index contributed by atoms with van der Waals surface area (Å²) in [6.45, 7) is 5.39. The maximum absolute atomic E-state index is 11.8. The first-order valence-corrected chi connectivity index (χ1v) is 9.19. The van der Waals surface area contributed by atoms with E-state index in [0.717, 1.165) is 53.8 Å². The summed E-state index contributed by atoms with van der Waals surface area (Å²) in [5.41, 5.74) is 4.26. The number of fused-ring (bicyclic) bond motifs is 1. The minimum Gasteiger partial charge on any atom is -0.370 e. The number of nitrogens with zero attached hydrogens (tertiary/aromatic N) is 4. The van der Waals surface area contributed by atoms with Gasteiger partial charge in [-0.1, -0.05) is 6.58 Å². The third-order valence-electron chi connectivity index (χ3n) is 5.41. The lowest BCUT2D eigenvalue weighted by Gasteiger charge is -2.37. The first kappa shape index (κ1) is 17.3. The van der Waals surface area contributed by atoms with E-state index >= 15 is 0 Å². The van der Waals surface area contributed by atoms with E-state index in [1.54, 1.807) is 17.3 Å². The molecule has 0 unspecified atom stereocenters. The van der Waals surface area contributed by atoms with Crippen LogP contribution in [-0.4, -0.2) is 51.9 Å². The van der Waals surface area contributed by atoms with Gasteiger partial charge in [0, 0.05) is 55.7 Å². The zero-order valence-corrected chi connectivity index (χ0v) is 15.4. The molecule has 3 aromatic rings. The number of aromatic amines is 1. The molecule has 1 saturated heterocycles. The van der Waals surface area contributed by atoms with Gasteiger partial charge < -0.3 is 14.8 Å².